The second-order valence-corrected chi connectivity index (χ2v) is 5.54. The van der Waals surface area contributed by atoms with E-state index in [0.29, 0.717) is 11.1 Å². The fraction of sp³-hybridized carbons (Fsp3) is 0.0625. The Kier molecular flexibility index (Phi) is 3.24. The summed E-state index contributed by atoms with van der Waals surface area (Å²) < 4.78 is 14.0. The quantitative estimate of drug-likeness (QED) is 0.734. The van der Waals surface area contributed by atoms with Crippen molar-refractivity contribution in [1.29, 1.82) is 0 Å². The summed E-state index contributed by atoms with van der Waals surface area (Å²) in [4.78, 5) is 12.3. The van der Waals surface area contributed by atoms with Gasteiger partial charge in [0.05, 0.1) is 5.56 Å². The van der Waals surface area contributed by atoms with E-state index in [2.05, 4.69) is 0 Å². The maximum Gasteiger partial charge on any atom is 0.183 e. The van der Waals surface area contributed by atoms with Crippen LogP contribution in [0.5, 0.6) is 5.06 Å². The Morgan fingerprint density at radius 1 is 1.15 bits per heavy atom. The molecule has 1 aromatic heterocycles. The van der Waals surface area contributed by atoms with Gasteiger partial charge in [-0.05, 0) is 23.8 Å². The molecular formula is C16H11FO2S. The Bertz CT molecular complexity index is 792. The lowest BCUT2D eigenvalue weighted by Crippen LogP contribution is -2.03. The standard InChI is InChI=1S/C16H11FO2S/c17-11-5-3-4-10(8-11)9-13(18)15-12-6-1-2-7-14(12)20-16(15)19/h1-8,19H,9H2. The molecule has 2 aromatic carbocycles. The van der Waals surface area contributed by atoms with Crippen LogP contribution in [-0.2, 0) is 6.42 Å². The van der Waals surface area contributed by atoms with Gasteiger partial charge >= 0.3 is 0 Å². The van der Waals surface area contributed by atoms with Crippen LogP contribution in [0.25, 0.3) is 10.1 Å². The molecule has 0 atom stereocenters. The third-order valence-electron chi connectivity index (χ3n) is 3.11. The highest BCUT2D eigenvalue weighted by atomic mass is 32.1. The first-order valence-corrected chi connectivity index (χ1v) is 6.95. The predicted octanol–water partition coefficient (Wildman–Crippen LogP) is 4.17. The van der Waals surface area contributed by atoms with Crippen molar-refractivity contribution in [1.82, 2.24) is 0 Å². The van der Waals surface area contributed by atoms with Gasteiger partial charge in [0, 0.05) is 16.5 Å². The van der Waals surface area contributed by atoms with Crippen LogP contribution in [0.15, 0.2) is 48.5 Å². The van der Waals surface area contributed by atoms with Crippen LogP contribution in [0.3, 0.4) is 0 Å². The summed E-state index contributed by atoms with van der Waals surface area (Å²) in [6.45, 7) is 0. The first-order chi connectivity index (χ1) is 9.65. The smallest absolute Gasteiger partial charge is 0.183 e. The van der Waals surface area contributed by atoms with Gasteiger partial charge in [-0.25, -0.2) is 4.39 Å². The summed E-state index contributed by atoms with van der Waals surface area (Å²) in [5.41, 5.74) is 0.930. The molecule has 2 nitrogen and oxygen atoms in total. The molecule has 0 amide bonds. The van der Waals surface area contributed by atoms with Gasteiger partial charge in [-0.2, -0.15) is 0 Å². The number of carbonyl (C=O) groups is 1. The molecule has 0 saturated carbocycles. The highest BCUT2D eigenvalue weighted by molar-refractivity contribution is 7.21. The van der Waals surface area contributed by atoms with Gasteiger partial charge in [-0.3, -0.25) is 4.79 Å². The number of aromatic hydroxyl groups is 1. The Hall–Kier alpha value is -2.20. The number of fused-ring (bicyclic) bond motifs is 1. The molecule has 0 bridgehead atoms. The molecule has 0 saturated heterocycles. The van der Waals surface area contributed by atoms with Crippen molar-refractivity contribution in [2.45, 2.75) is 6.42 Å². The fourth-order valence-corrected chi connectivity index (χ4v) is 3.18. The van der Waals surface area contributed by atoms with Crippen molar-refractivity contribution in [2.24, 2.45) is 0 Å². The fourth-order valence-electron chi connectivity index (χ4n) is 2.22. The first kappa shape index (κ1) is 12.8. The van der Waals surface area contributed by atoms with E-state index in [4.69, 9.17) is 0 Å². The van der Waals surface area contributed by atoms with E-state index in [1.54, 1.807) is 12.1 Å². The third kappa shape index (κ3) is 2.30. The van der Waals surface area contributed by atoms with Crippen LogP contribution in [0, 0.1) is 5.82 Å². The largest absolute Gasteiger partial charge is 0.499 e. The van der Waals surface area contributed by atoms with Gasteiger partial charge in [0.1, 0.15) is 5.82 Å². The predicted molar refractivity (Wildman–Crippen MR) is 77.9 cm³/mol. The monoisotopic (exact) mass is 286 g/mol. The van der Waals surface area contributed by atoms with Crippen molar-refractivity contribution in [3.63, 3.8) is 0 Å². The Labute approximate surface area is 119 Å². The molecule has 0 aliphatic carbocycles. The van der Waals surface area contributed by atoms with Crippen molar-refractivity contribution in [3.8, 4) is 5.06 Å². The molecule has 0 fully saturated rings. The molecule has 100 valence electrons. The Morgan fingerprint density at radius 2 is 1.95 bits per heavy atom. The van der Waals surface area contributed by atoms with E-state index in [-0.39, 0.29) is 23.1 Å². The molecular weight excluding hydrogens is 275 g/mol. The lowest BCUT2D eigenvalue weighted by Gasteiger charge is -2.02. The molecule has 1 heterocycles. The Balaban J connectivity index is 1.99. The van der Waals surface area contributed by atoms with Crippen LogP contribution < -0.4 is 0 Å². The number of carbonyl (C=O) groups excluding carboxylic acids is 1. The molecule has 0 spiro atoms. The normalized spacial score (nSPS) is 10.8. The van der Waals surface area contributed by atoms with Crippen molar-refractivity contribution < 1.29 is 14.3 Å². The maximum atomic E-state index is 13.1. The number of ketones is 1. The van der Waals surface area contributed by atoms with E-state index in [1.165, 1.54) is 23.5 Å². The molecule has 0 aliphatic heterocycles. The second-order valence-electron chi connectivity index (χ2n) is 4.51. The summed E-state index contributed by atoms with van der Waals surface area (Å²) in [6, 6.07) is 13.3. The summed E-state index contributed by atoms with van der Waals surface area (Å²) in [5, 5.41) is 10.7. The van der Waals surface area contributed by atoms with Gasteiger partial charge in [-0.1, -0.05) is 41.7 Å². The van der Waals surface area contributed by atoms with Gasteiger partial charge in [0.25, 0.3) is 0 Å². The second kappa shape index (κ2) is 5.06. The summed E-state index contributed by atoms with van der Waals surface area (Å²) in [6.07, 6.45) is 0.0754. The van der Waals surface area contributed by atoms with E-state index in [1.807, 2.05) is 24.3 Å². The number of benzene rings is 2. The molecule has 0 unspecified atom stereocenters. The molecule has 3 aromatic rings. The number of hydrogen-bond acceptors (Lipinski definition) is 3. The maximum absolute atomic E-state index is 13.1. The minimum atomic E-state index is -0.366. The number of rotatable bonds is 3. The number of halogens is 1. The highest BCUT2D eigenvalue weighted by Gasteiger charge is 2.18. The van der Waals surface area contributed by atoms with Gasteiger partial charge in [0.15, 0.2) is 10.8 Å². The molecule has 20 heavy (non-hydrogen) atoms. The van der Waals surface area contributed by atoms with Crippen LogP contribution in [0.4, 0.5) is 4.39 Å². The zero-order valence-electron chi connectivity index (χ0n) is 10.5. The van der Waals surface area contributed by atoms with Crippen LogP contribution in [0.2, 0.25) is 0 Å². The number of hydrogen-bond donors (Lipinski definition) is 1. The van der Waals surface area contributed by atoms with E-state index < -0.39 is 0 Å². The highest BCUT2D eigenvalue weighted by Crippen LogP contribution is 2.37. The third-order valence-corrected chi connectivity index (χ3v) is 4.08. The van der Waals surface area contributed by atoms with Gasteiger partial charge in [-0.15, -0.1) is 0 Å². The lowest BCUT2D eigenvalue weighted by atomic mass is 10.0. The van der Waals surface area contributed by atoms with Crippen LogP contribution >= 0.6 is 11.3 Å². The minimum absolute atomic E-state index is 0.0209. The Morgan fingerprint density at radius 3 is 2.75 bits per heavy atom. The van der Waals surface area contributed by atoms with Crippen molar-refractivity contribution in [3.05, 3.63) is 65.5 Å². The van der Waals surface area contributed by atoms with E-state index in [9.17, 15) is 14.3 Å². The lowest BCUT2D eigenvalue weighted by molar-refractivity contribution is 0.0992. The molecule has 3 rings (SSSR count). The van der Waals surface area contributed by atoms with Crippen molar-refractivity contribution >= 4 is 27.2 Å². The number of thiophene rings is 1. The summed E-state index contributed by atoms with van der Waals surface area (Å²) in [7, 11) is 0. The van der Waals surface area contributed by atoms with Crippen LogP contribution in [-0.4, -0.2) is 10.9 Å². The minimum Gasteiger partial charge on any atom is -0.499 e. The summed E-state index contributed by atoms with van der Waals surface area (Å²) in [5.74, 6) is -0.569. The molecule has 4 heteroatoms. The SMILES string of the molecule is O=C(Cc1cccc(F)c1)c1c(O)sc2ccccc12. The average molecular weight is 286 g/mol. The summed E-state index contributed by atoms with van der Waals surface area (Å²) >= 11 is 1.18. The topological polar surface area (TPSA) is 37.3 Å². The van der Waals surface area contributed by atoms with Gasteiger partial charge < -0.3 is 5.11 Å². The molecule has 1 N–H and O–H groups in total. The molecule has 0 radical (unpaired) electrons. The van der Waals surface area contributed by atoms with Crippen LogP contribution in [0.1, 0.15) is 15.9 Å². The average Bonchev–Trinajstić information content (AvgIpc) is 2.74. The zero-order chi connectivity index (χ0) is 14.1. The van der Waals surface area contributed by atoms with Crippen molar-refractivity contribution in [2.75, 3.05) is 0 Å². The zero-order valence-corrected chi connectivity index (χ0v) is 11.3. The van der Waals surface area contributed by atoms with E-state index >= 15 is 0 Å². The van der Waals surface area contributed by atoms with Gasteiger partial charge in [0.2, 0.25) is 0 Å². The first-order valence-electron chi connectivity index (χ1n) is 6.13. The number of Topliss-reactive ketones (excluding diaryl/α,β-unsaturated/α-hetero) is 1. The molecule has 0 aliphatic rings. The van der Waals surface area contributed by atoms with E-state index in [0.717, 1.165) is 10.1 Å².